The van der Waals surface area contributed by atoms with Gasteiger partial charge in [-0.05, 0) is 74.2 Å². The SMILES string of the molecule is CCCc1sc2nc(SCC(=O)Nc3cccc(C)c3C)n(-c3ccc(F)cc3)c(=O)c2c1C. The number of hydrogen-bond acceptors (Lipinski definition) is 5. The Morgan fingerprint density at radius 3 is 2.56 bits per heavy atom. The molecule has 0 saturated heterocycles. The zero-order valence-corrected chi connectivity index (χ0v) is 21.2. The van der Waals surface area contributed by atoms with Gasteiger partial charge in [0.05, 0.1) is 16.8 Å². The number of benzene rings is 2. The van der Waals surface area contributed by atoms with Crippen molar-refractivity contribution in [1.82, 2.24) is 9.55 Å². The third-order valence-electron chi connectivity index (χ3n) is 5.81. The minimum absolute atomic E-state index is 0.0820. The molecule has 0 aliphatic carbocycles. The number of hydrogen-bond donors (Lipinski definition) is 1. The molecule has 0 unspecified atom stereocenters. The van der Waals surface area contributed by atoms with Crippen LogP contribution in [0.4, 0.5) is 10.1 Å². The van der Waals surface area contributed by atoms with Gasteiger partial charge in [0.15, 0.2) is 5.16 Å². The van der Waals surface area contributed by atoms with E-state index in [0.717, 1.165) is 40.1 Å². The number of carbonyl (C=O) groups is 1. The number of nitrogens with zero attached hydrogens (tertiary/aromatic N) is 2. The van der Waals surface area contributed by atoms with Crippen LogP contribution >= 0.6 is 23.1 Å². The third kappa shape index (κ3) is 4.79. The van der Waals surface area contributed by atoms with E-state index in [0.29, 0.717) is 21.1 Å². The highest BCUT2D eigenvalue weighted by Gasteiger charge is 2.20. The van der Waals surface area contributed by atoms with Gasteiger partial charge in [0.1, 0.15) is 10.6 Å². The smallest absolute Gasteiger partial charge is 0.267 e. The number of fused-ring (bicyclic) bond motifs is 1. The van der Waals surface area contributed by atoms with Gasteiger partial charge in [-0.3, -0.25) is 14.2 Å². The van der Waals surface area contributed by atoms with Crippen LogP contribution in [0.1, 0.15) is 34.9 Å². The highest BCUT2D eigenvalue weighted by atomic mass is 32.2. The van der Waals surface area contributed by atoms with E-state index in [1.54, 1.807) is 12.1 Å². The molecule has 0 radical (unpaired) electrons. The first-order valence-corrected chi connectivity index (χ1v) is 12.9. The Balaban J connectivity index is 1.72. The summed E-state index contributed by atoms with van der Waals surface area (Å²) in [5.41, 5.74) is 4.13. The van der Waals surface area contributed by atoms with Gasteiger partial charge in [-0.2, -0.15) is 0 Å². The molecule has 8 heteroatoms. The topological polar surface area (TPSA) is 64.0 Å². The predicted molar refractivity (Wildman–Crippen MR) is 139 cm³/mol. The lowest BCUT2D eigenvalue weighted by Gasteiger charge is -2.13. The number of amides is 1. The third-order valence-corrected chi connectivity index (χ3v) is 7.99. The second kappa shape index (κ2) is 10.1. The lowest BCUT2D eigenvalue weighted by Crippen LogP contribution is -2.23. The summed E-state index contributed by atoms with van der Waals surface area (Å²) in [6.45, 7) is 8.01. The number of nitrogens with one attached hydrogen (secondary N) is 1. The van der Waals surface area contributed by atoms with Gasteiger partial charge in [0.2, 0.25) is 5.91 Å². The lowest BCUT2D eigenvalue weighted by atomic mass is 10.1. The summed E-state index contributed by atoms with van der Waals surface area (Å²) in [6.07, 6.45) is 1.85. The zero-order valence-electron chi connectivity index (χ0n) is 19.6. The minimum Gasteiger partial charge on any atom is -0.325 e. The molecule has 0 saturated carbocycles. The van der Waals surface area contributed by atoms with E-state index in [-0.39, 0.29) is 23.0 Å². The van der Waals surface area contributed by atoms with E-state index >= 15 is 0 Å². The fraction of sp³-hybridized carbons (Fsp3) is 0.269. The quantitative estimate of drug-likeness (QED) is 0.245. The molecule has 34 heavy (non-hydrogen) atoms. The number of thiophene rings is 1. The first-order chi connectivity index (χ1) is 16.3. The Kier molecular flexibility index (Phi) is 7.19. The van der Waals surface area contributed by atoms with Crippen molar-refractivity contribution in [2.24, 2.45) is 0 Å². The van der Waals surface area contributed by atoms with Crippen LogP contribution in [0.3, 0.4) is 0 Å². The lowest BCUT2D eigenvalue weighted by molar-refractivity contribution is -0.113. The molecule has 0 atom stereocenters. The van der Waals surface area contributed by atoms with Crippen LogP contribution in [0.25, 0.3) is 15.9 Å². The molecule has 5 nitrogen and oxygen atoms in total. The molecular weight excluding hydrogens is 469 g/mol. The first-order valence-electron chi connectivity index (χ1n) is 11.1. The number of aromatic nitrogens is 2. The molecular formula is C26H26FN3O2S2. The second-order valence-electron chi connectivity index (χ2n) is 8.18. The fourth-order valence-corrected chi connectivity index (χ4v) is 5.93. The van der Waals surface area contributed by atoms with Gasteiger partial charge in [-0.25, -0.2) is 9.37 Å². The average molecular weight is 496 g/mol. The summed E-state index contributed by atoms with van der Waals surface area (Å²) in [6, 6.07) is 11.5. The Morgan fingerprint density at radius 2 is 1.85 bits per heavy atom. The fourth-order valence-electron chi connectivity index (χ4n) is 3.79. The van der Waals surface area contributed by atoms with Crippen LogP contribution in [-0.2, 0) is 11.2 Å². The van der Waals surface area contributed by atoms with Crippen molar-refractivity contribution in [2.45, 2.75) is 45.7 Å². The highest BCUT2D eigenvalue weighted by molar-refractivity contribution is 7.99. The molecule has 0 aliphatic rings. The van der Waals surface area contributed by atoms with Crippen LogP contribution in [0.15, 0.2) is 52.4 Å². The Hall–Kier alpha value is -2.97. The van der Waals surface area contributed by atoms with Crippen LogP contribution in [0.2, 0.25) is 0 Å². The standard InChI is InChI=1S/C26H26FN3O2S2/c1-5-7-21-17(4)23-24(34-21)29-26(30(25(23)32)19-12-10-18(27)11-13-19)33-14-22(31)28-20-9-6-8-15(2)16(20)3/h6,8-13H,5,7,14H2,1-4H3,(H,28,31). The number of rotatable bonds is 7. The van der Waals surface area contributed by atoms with Crippen molar-refractivity contribution >= 4 is 44.9 Å². The molecule has 2 aromatic heterocycles. The van der Waals surface area contributed by atoms with Gasteiger partial charge >= 0.3 is 0 Å². The number of anilines is 1. The van der Waals surface area contributed by atoms with E-state index < -0.39 is 0 Å². The van der Waals surface area contributed by atoms with Crippen molar-refractivity contribution in [1.29, 1.82) is 0 Å². The summed E-state index contributed by atoms with van der Waals surface area (Å²) in [7, 11) is 0. The first kappa shape index (κ1) is 24.2. The maximum atomic E-state index is 13.6. The number of carbonyl (C=O) groups excluding carboxylic acids is 1. The summed E-state index contributed by atoms with van der Waals surface area (Å²) >= 11 is 2.72. The number of aryl methyl sites for hydroxylation is 3. The van der Waals surface area contributed by atoms with Crippen LogP contribution in [0, 0.1) is 26.6 Å². The van der Waals surface area contributed by atoms with Crippen molar-refractivity contribution in [3.05, 3.63) is 80.2 Å². The van der Waals surface area contributed by atoms with Gasteiger partial charge in [0, 0.05) is 10.6 Å². The van der Waals surface area contributed by atoms with Gasteiger partial charge in [0.25, 0.3) is 5.56 Å². The number of thioether (sulfide) groups is 1. The predicted octanol–water partition coefficient (Wildman–Crippen LogP) is 6.19. The summed E-state index contributed by atoms with van der Waals surface area (Å²) < 4.78 is 15.1. The Labute approximate surface area is 206 Å². The highest BCUT2D eigenvalue weighted by Crippen LogP contribution is 2.31. The van der Waals surface area contributed by atoms with Crippen molar-refractivity contribution in [3.63, 3.8) is 0 Å². The van der Waals surface area contributed by atoms with Crippen LogP contribution < -0.4 is 10.9 Å². The zero-order chi connectivity index (χ0) is 24.4. The van der Waals surface area contributed by atoms with Crippen LogP contribution in [-0.4, -0.2) is 21.2 Å². The maximum Gasteiger partial charge on any atom is 0.267 e. The monoisotopic (exact) mass is 495 g/mol. The van der Waals surface area contributed by atoms with Crippen molar-refractivity contribution < 1.29 is 9.18 Å². The molecule has 176 valence electrons. The van der Waals surface area contributed by atoms with Gasteiger partial charge < -0.3 is 5.32 Å². The molecule has 0 spiro atoms. The Morgan fingerprint density at radius 1 is 1.12 bits per heavy atom. The second-order valence-corrected chi connectivity index (χ2v) is 10.2. The van der Waals surface area contributed by atoms with E-state index in [4.69, 9.17) is 4.98 Å². The van der Waals surface area contributed by atoms with Gasteiger partial charge in [-0.1, -0.05) is 37.2 Å². The molecule has 2 aromatic carbocycles. The number of halogens is 1. The molecule has 0 fully saturated rings. The molecule has 0 aliphatic heterocycles. The van der Waals surface area contributed by atoms with Crippen LogP contribution in [0.5, 0.6) is 0 Å². The molecule has 2 heterocycles. The van der Waals surface area contributed by atoms with E-state index in [9.17, 15) is 14.0 Å². The molecule has 4 rings (SSSR count). The van der Waals surface area contributed by atoms with Crippen molar-refractivity contribution in [3.8, 4) is 5.69 Å². The van der Waals surface area contributed by atoms with Crippen molar-refractivity contribution in [2.75, 3.05) is 11.1 Å². The van der Waals surface area contributed by atoms with Gasteiger partial charge in [-0.15, -0.1) is 11.3 Å². The average Bonchev–Trinajstić information content (AvgIpc) is 3.12. The van der Waals surface area contributed by atoms with E-state index in [1.165, 1.54) is 39.8 Å². The largest absolute Gasteiger partial charge is 0.325 e. The molecule has 4 aromatic rings. The normalized spacial score (nSPS) is 11.2. The summed E-state index contributed by atoms with van der Waals surface area (Å²) in [4.78, 5) is 32.9. The molecule has 1 N–H and O–H groups in total. The Bertz CT molecular complexity index is 1420. The summed E-state index contributed by atoms with van der Waals surface area (Å²) in [5, 5.41) is 3.94. The molecule has 1 amide bonds. The van der Waals surface area contributed by atoms with E-state index in [1.807, 2.05) is 39.0 Å². The van der Waals surface area contributed by atoms with E-state index in [2.05, 4.69) is 12.2 Å². The maximum absolute atomic E-state index is 13.6. The molecule has 0 bridgehead atoms. The minimum atomic E-state index is -0.384. The summed E-state index contributed by atoms with van der Waals surface area (Å²) in [5.74, 6) is -0.490.